The molecule has 1 nitrogen and oxygen atoms in total. The summed E-state index contributed by atoms with van der Waals surface area (Å²) in [5.41, 5.74) is 0.257. The Morgan fingerprint density at radius 2 is 1.93 bits per heavy atom. The zero-order valence-corrected chi connectivity index (χ0v) is 10.9. The Balaban J connectivity index is 2.82. The van der Waals surface area contributed by atoms with Crippen LogP contribution in [0.1, 0.15) is 60.3 Å². The zero-order valence-electron chi connectivity index (χ0n) is 10.9. The number of nitrogens with zero attached hydrogens (tertiary/aromatic N) is 1. The summed E-state index contributed by atoms with van der Waals surface area (Å²) >= 11 is 0. The Labute approximate surface area is 94.9 Å². The molecule has 0 aromatic carbocycles. The van der Waals surface area contributed by atoms with E-state index < -0.39 is 0 Å². The van der Waals surface area contributed by atoms with Gasteiger partial charge < -0.3 is 0 Å². The van der Waals surface area contributed by atoms with Crippen molar-refractivity contribution in [3.63, 3.8) is 0 Å². The molecule has 0 N–H and O–H groups in total. The molecule has 1 aliphatic rings. The third kappa shape index (κ3) is 2.97. The highest BCUT2D eigenvalue weighted by Crippen LogP contribution is 2.50. The lowest BCUT2D eigenvalue weighted by atomic mass is 9.59. The molecule has 1 fully saturated rings. The van der Waals surface area contributed by atoms with Crippen LogP contribution in [0, 0.1) is 34.0 Å². The molecule has 1 aliphatic carbocycles. The first-order chi connectivity index (χ1) is 6.82. The summed E-state index contributed by atoms with van der Waals surface area (Å²) in [6.07, 6.45) is 4.69. The van der Waals surface area contributed by atoms with E-state index in [1.807, 2.05) is 0 Å². The number of nitriles is 1. The third-order valence-electron chi connectivity index (χ3n) is 4.11. The molecule has 1 rings (SSSR count). The molecule has 0 aliphatic heterocycles. The average Bonchev–Trinajstić information content (AvgIpc) is 2.13. The largest absolute Gasteiger partial charge is 0.198 e. The lowest BCUT2D eigenvalue weighted by Gasteiger charge is -2.45. The van der Waals surface area contributed by atoms with E-state index in [9.17, 15) is 5.26 Å². The van der Waals surface area contributed by atoms with E-state index in [0.717, 1.165) is 24.7 Å². The number of hydrogen-bond donors (Lipinski definition) is 0. The van der Waals surface area contributed by atoms with Crippen molar-refractivity contribution < 1.29 is 0 Å². The SMILES string of the molecule is CCC(C)C1CC(C)(C)CC(C)(C#N)C1. The molecule has 3 atom stereocenters. The summed E-state index contributed by atoms with van der Waals surface area (Å²) in [6, 6.07) is 2.54. The fraction of sp³-hybridized carbons (Fsp3) is 0.929. The molecule has 0 aromatic rings. The molecule has 0 bridgehead atoms. The first-order valence-corrected chi connectivity index (χ1v) is 6.23. The maximum atomic E-state index is 9.30. The summed E-state index contributed by atoms with van der Waals surface area (Å²) < 4.78 is 0. The van der Waals surface area contributed by atoms with Gasteiger partial charge in [-0.2, -0.15) is 5.26 Å². The summed E-state index contributed by atoms with van der Waals surface area (Å²) in [7, 11) is 0. The topological polar surface area (TPSA) is 23.8 Å². The van der Waals surface area contributed by atoms with Gasteiger partial charge in [-0.3, -0.25) is 0 Å². The van der Waals surface area contributed by atoms with Crippen molar-refractivity contribution >= 4 is 0 Å². The molecule has 0 spiro atoms. The van der Waals surface area contributed by atoms with E-state index in [2.05, 4.69) is 40.7 Å². The van der Waals surface area contributed by atoms with Gasteiger partial charge in [-0.25, -0.2) is 0 Å². The van der Waals surface area contributed by atoms with E-state index in [0.29, 0.717) is 5.41 Å². The first kappa shape index (κ1) is 12.6. The van der Waals surface area contributed by atoms with Crippen LogP contribution < -0.4 is 0 Å². The van der Waals surface area contributed by atoms with Crippen LogP contribution in [-0.2, 0) is 0 Å². The summed E-state index contributed by atoms with van der Waals surface area (Å²) in [5.74, 6) is 1.50. The van der Waals surface area contributed by atoms with Crippen LogP contribution in [0.4, 0.5) is 0 Å². The normalized spacial score (nSPS) is 36.9. The highest BCUT2D eigenvalue weighted by atomic mass is 14.5. The predicted octanol–water partition coefficient (Wildman–Crippen LogP) is 4.39. The minimum Gasteiger partial charge on any atom is -0.198 e. The minimum atomic E-state index is -0.0875. The van der Waals surface area contributed by atoms with Gasteiger partial charge in [0.05, 0.1) is 11.5 Å². The molecule has 0 aromatic heterocycles. The zero-order chi connectivity index (χ0) is 11.7. The molecular weight excluding hydrogens is 182 g/mol. The monoisotopic (exact) mass is 207 g/mol. The van der Waals surface area contributed by atoms with E-state index >= 15 is 0 Å². The molecule has 86 valence electrons. The molecule has 0 saturated heterocycles. The van der Waals surface area contributed by atoms with Crippen molar-refractivity contribution in [2.24, 2.45) is 22.7 Å². The van der Waals surface area contributed by atoms with Crippen LogP contribution >= 0.6 is 0 Å². The minimum absolute atomic E-state index is 0.0875. The second kappa shape index (κ2) is 4.16. The maximum Gasteiger partial charge on any atom is 0.0687 e. The Morgan fingerprint density at radius 1 is 1.33 bits per heavy atom. The van der Waals surface area contributed by atoms with Crippen molar-refractivity contribution in [1.82, 2.24) is 0 Å². The molecule has 0 radical (unpaired) electrons. The van der Waals surface area contributed by atoms with E-state index in [4.69, 9.17) is 0 Å². The lowest BCUT2D eigenvalue weighted by Crippen LogP contribution is -2.37. The van der Waals surface area contributed by atoms with Crippen LogP contribution in [0.3, 0.4) is 0 Å². The highest BCUT2D eigenvalue weighted by Gasteiger charge is 2.42. The van der Waals surface area contributed by atoms with Crippen molar-refractivity contribution in [2.45, 2.75) is 60.3 Å². The van der Waals surface area contributed by atoms with E-state index in [1.165, 1.54) is 12.8 Å². The van der Waals surface area contributed by atoms with Crippen LogP contribution in [-0.4, -0.2) is 0 Å². The smallest absolute Gasteiger partial charge is 0.0687 e. The first-order valence-electron chi connectivity index (χ1n) is 6.23. The van der Waals surface area contributed by atoms with Crippen LogP contribution in [0.5, 0.6) is 0 Å². The van der Waals surface area contributed by atoms with Crippen LogP contribution in [0.25, 0.3) is 0 Å². The summed E-state index contributed by atoms with van der Waals surface area (Å²) in [5, 5.41) is 9.30. The number of hydrogen-bond acceptors (Lipinski definition) is 1. The molecule has 1 heteroatoms. The Morgan fingerprint density at radius 3 is 2.40 bits per heavy atom. The standard InChI is InChI=1S/C14H25N/c1-6-11(2)12-7-13(3,4)9-14(5,8-12)10-15/h11-12H,6-9H2,1-5H3. The molecular formula is C14H25N. The van der Waals surface area contributed by atoms with Crippen LogP contribution in [0.15, 0.2) is 0 Å². The van der Waals surface area contributed by atoms with Gasteiger partial charge in [0.2, 0.25) is 0 Å². The van der Waals surface area contributed by atoms with Crippen LogP contribution in [0.2, 0.25) is 0 Å². The van der Waals surface area contributed by atoms with E-state index in [-0.39, 0.29) is 5.41 Å². The van der Waals surface area contributed by atoms with Gasteiger partial charge in [-0.1, -0.05) is 34.1 Å². The van der Waals surface area contributed by atoms with Crippen molar-refractivity contribution in [2.75, 3.05) is 0 Å². The molecule has 0 amide bonds. The average molecular weight is 207 g/mol. The van der Waals surface area contributed by atoms with Gasteiger partial charge in [0.15, 0.2) is 0 Å². The molecule has 0 heterocycles. The quantitative estimate of drug-likeness (QED) is 0.659. The van der Waals surface area contributed by atoms with Crippen molar-refractivity contribution in [3.05, 3.63) is 0 Å². The second-order valence-electron chi connectivity index (χ2n) is 6.57. The van der Waals surface area contributed by atoms with E-state index in [1.54, 1.807) is 0 Å². The molecule has 15 heavy (non-hydrogen) atoms. The van der Waals surface area contributed by atoms with Gasteiger partial charge >= 0.3 is 0 Å². The Kier molecular flexibility index (Phi) is 3.48. The Hall–Kier alpha value is -0.510. The van der Waals surface area contributed by atoms with Crippen molar-refractivity contribution in [3.8, 4) is 6.07 Å². The third-order valence-corrected chi connectivity index (χ3v) is 4.11. The predicted molar refractivity (Wildman–Crippen MR) is 64.3 cm³/mol. The summed E-state index contributed by atoms with van der Waals surface area (Å²) in [6.45, 7) is 11.4. The highest BCUT2D eigenvalue weighted by molar-refractivity contribution is 5.03. The molecule has 1 saturated carbocycles. The Bertz CT molecular complexity index is 261. The lowest BCUT2D eigenvalue weighted by molar-refractivity contribution is 0.0638. The van der Waals surface area contributed by atoms with Gasteiger partial charge in [0.1, 0.15) is 0 Å². The second-order valence-corrected chi connectivity index (χ2v) is 6.57. The molecule has 3 unspecified atom stereocenters. The van der Waals surface area contributed by atoms with Crippen molar-refractivity contribution in [1.29, 1.82) is 5.26 Å². The fourth-order valence-electron chi connectivity index (χ4n) is 3.38. The van der Waals surface area contributed by atoms with Gasteiger partial charge in [-0.05, 0) is 43.4 Å². The van der Waals surface area contributed by atoms with Gasteiger partial charge in [0, 0.05) is 0 Å². The van der Waals surface area contributed by atoms with Gasteiger partial charge in [0.25, 0.3) is 0 Å². The number of rotatable bonds is 2. The van der Waals surface area contributed by atoms with Gasteiger partial charge in [-0.15, -0.1) is 0 Å². The summed E-state index contributed by atoms with van der Waals surface area (Å²) in [4.78, 5) is 0. The fourth-order valence-corrected chi connectivity index (χ4v) is 3.38. The maximum absolute atomic E-state index is 9.30.